The average molecular weight is 251 g/mol. The highest BCUT2D eigenvalue weighted by Crippen LogP contribution is 2.23. The summed E-state index contributed by atoms with van der Waals surface area (Å²) in [4.78, 5) is 12.6. The first-order valence-corrected chi connectivity index (χ1v) is 5.92. The van der Waals surface area contributed by atoms with Crippen LogP contribution >= 0.6 is 0 Å². The van der Waals surface area contributed by atoms with Crippen molar-refractivity contribution in [1.29, 1.82) is 0 Å². The Labute approximate surface area is 105 Å². The van der Waals surface area contributed by atoms with Crippen molar-refractivity contribution >= 4 is 11.4 Å². The van der Waals surface area contributed by atoms with E-state index in [4.69, 9.17) is 10.5 Å². The zero-order valence-electron chi connectivity index (χ0n) is 10.3. The van der Waals surface area contributed by atoms with Crippen LogP contribution in [0.5, 0.6) is 0 Å². The fourth-order valence-corrected chi connectivity index (χ4v) is 2.08. The number of rotatable bonds is 3. The summed E-state index contributed by atoms with van der Waals surface area (Å²) in [6.45, 7) is 5.04. The summed E-state index contributed by atoms with van der Waals surface area (Å²) in [6, 6.07) is 5.32. The summed E-state index contributed by atoms with van der Waals surface area (Å²) in [5, 5.41) is 10.8. The van der Waals surface area contributed by atoms with Gasteiger partial charge in [0, 0.05) is 25.2 Å². The van der Waals surface area contributed by atoms with Crippen molar-refractivity contribution in [3.05, 3.63) is 33.9 Å². The summed E-state index contributed by atoms with van der Waals surface area (Å²) in [6.07, 6.45) is 0. The predicted octanol–water partition coefficient (Wildman–Crippen LogP) is 1.40. The van der Waals surface area contributed by atoms with E-state index in [1.54, 1.807) is 12.1 Å². The zero-order valence-corrected chi connectivity index (χ0v) is 10.3. The molecule has 0 radical (unpaired) electrons. The molecule has 98 valence electrons. The topological polar surface area (TPSA) is 81.6 Å². The summed E-state index contributed by atoms with van der Waals surface area (Å²) in [7, 11) is 0. The first-order valence-electron chi connectivity index (χ1n) is 5.92. The van der Waals surface area contributed by atoms with Gasteiger partial charge < -0.3 is 10.5 Å². The molecule has 0 bridgehead atoms. The Kier molecular flexibility index (Phi) is 3.78. The first kappa shape index (κ1) is 12.8. The lowest BCUT2D eigenvalue weighted by Crippen LogP contribution is -2.42. The first-order chi connectivity index (χ1) is 8.58. The Morgan fingerprint density at radius 1 is 1.61 bits per heavy atom. The minimum Gasteiger partial charge on any atom is -0.393 e. The van der Waals surface area contributed by atoms with E-state index in [2.05, 4.69) is 11.8 Å². The largest absolute Gasteiger partial charge is 0.393 e. The summed E-state index contributed by atoms with van der Waals surface area (Å²) >= 11 is 0. The van der Waals surface area contributed by atoms with Gasteiger partial charge in [-0.2, -0.15) is 0 Å². The van der Waals surface area contributed by atoms with Crippen LogP contribution in [-0.4, -0.2) is 35.6 Å². The van der Waals surface area contributed by atoms with Gasteiger partial charge in [0.2, 0.25) is 0 Å². The molecule has 0 saturated carbocycles. The quantitative estimate of drug-likeness (QED) is 0.499. The standard InChI is InChI=1S/C12H17N3O3/c1-9-8-18-5-4-14(9)7-10-2-3-11(13)12(6-10)15(16)17/h2-3,6,9H,4-5,7-8,13H2,1H3. The van der Waals surface area contributed by atoms with E-state index in [0.29, 0.717) is 25.8 Å². The number of nitrogens with zero attached hydrogens (tertiary/aromatic N) is 2. The van der Waals surface area contributed by atoms with Crippen LogP contribution in [0, 0.1) is 10.1 Å². The van der Waals surface area contributed by atoms with Crippen molar-refractivity contribution in [3.8, 4) is 0 Å². The number of anilines is 1. The third-order valence-electron chi connectivity index (χ3n) is 3.18. The molecule has 1 fully saturated rings. The molecular weight excluding hydrogens is 234 g/mol. The summed E-state index contributed by atoms with van der Waals surface area (Å²) in [5.74, 6) is 0. The van der Waals surface area contributed by atoms with Gasteiger partial charge in [-0.05, 0) is 18.6 Å². The van der Waals surface area contributed by atoms with E-state index in [-0.39, 0.29) is 11.4 Å². The average Bonchev–Trinajstić information content (AvgIpc) is 2.34. The van der Waals surface area contributed by atoms with Crippen LogP contribution in [0.25, 0.3) is 0 Å². The van der Waals surface area contributed by atoms with Gasteiger partial charge in [-0.1, -0.05) is 6.07 Å². The maximum absolute atomic E-state index is 10.8. The number of benzene rings is 1. The summed E-state index contributed by atoms with van der Waals surface area (Å²) < 4.78 is 5.36. The fraction of sp³-hybridized carbons (Fsp3) is 0.500. The molecule has 6 heteroatoms. The maximum Gasteiger partial charge on any atom is 0.292 e. The SMILES string of the molecule is CC1COCCN1Cc1ccc(N)c([N+](=O)[O-])c1. The number of hydrogen-bond acceptors (Lipinski definition) is 5. The molecule has 2 rings (SSSR count). The van der Waals surface area contributed by atoms with Gasteiger partial charge in [0.1, 0.15) is 5.69 Å². The minimum absolute atomic E-state index is 0.0200. The van der Waals surface area contributed by atoms with Gasteiger partial charge >= 0.3 is 0 Å². The van der Waals surface area contributed by atoms with Gasteiger partial charge in [-0.15, -0.1) is 0 Å². The van der Waals surface area contributed by atoms with Crippen molar-refractivity contribution in [2.45, 2.75) is 19.5 Å². The summed E-state index contributed by atoms with van der Waals surface area (Å²) in [5.41, 5.74) is 6.67. The van der Waals surface area contributed by atoms with E-state index in [1.165, 1.54) is 0 Å². The van der Waals surface area contributed by atoms with Crippen LogP contribution < -0.4 is 5.73 Å². The molecule has 18 heavy (non-hydrogen) atoms. The van der Waals surface area contributed by atoms with Crippen LogP contribution in [0.1, 0.15) is 12.5 Å². The van der Waals surface area contributed by atoms with Crippen molar-refractivity contribution in [2.75, 3.05) is 25.5 Å². The second kappa shape index (κ2) is 5.32. The Balaban J connectivity index is 2.14. The molecule has 0 aliphatic carbocycles. The van der Waals surface area contributed by atoms with E-state index < -0.39 is 4.92 Å². The number of hydrogen-bond donors (Lipinski definition) is 1. The predicted molar refractivity (Wildman–Crippen MR) is 68.2 cm³/mol. The number of ether oxygens (including phenoxy) is 1. The smallest absolute Gasteiger partial charge is 0.292 e. The van der Waals surface area contributed by atoms with Crippen LogP contribution in [0.3, 0.4) is 0 Å². The molecular formula is C12H17N3O3. The molecule has 0 amide bonds. The molecule has 1 saturated heterocycles. The lowest BCUT2D eigenvalue weighted by Gasteiger charge is -2.33. The van der Waals surface area contributed by atoms with Crippen LogP contribution in [0.15, 0.2) is 18.2 Å². The Morgan fingerprint density at radius 2 is 2.39 bits per heavy atom. The second-order valence-electron chi connectivity index (χ2n) is 4.54. The highest BCUT2D eigenvalue weighted by molar-refractivity contribution is 5.59. The van der Waals surface area contributed by atoms with Gasteiger partial charge in [0.15, 0.2) is 0 Å². The molecule has 1 aromatic carbocycles. The molecule has 6 nitrogen and oxygen atoms in total. The van der Waals surface area contributed by atoms with E-state index >= 15 is 0 Å². The fourth-order valence-electron chi connectivity index (χ4n) is 2.08. The molecule has 1 atom stereocenters. The molecule has 0 spiro atoms. The van der Waals surface area contributed by atoms with E-state index in [9.17, 15) is 10.1 Å². The van der Waals surface area contributed by atoms with E-state index in [1.807, 2.05) is 6.07 Å². The molecule has 1 aliphatic heterocycles. The molecule has 2 N–H and O–H groups in total. The third-order valence-corrected chi connectivity index (χ3v) is 3.18. The van der Waals surface area contributed by atoms with Crippen molar-refractivity contribution in [2.24, 2.45) is 0 Å². The molecule has 0 aromatic heterocycles. The highest BCUT2D eigenvalue weighted by atomic mass is 16.6. The van der Waals surface area contributed by atoms with Crippen LogP contribution in [0.2, 0.25) is 0 Å². The third kappa shape index (κ3) is 2.77. The number of nitrogen functional groups attached to an aromatic ring is 1. The zero-order chi connectivity index (χ0) is 13.1. The van der Waals surface area contributed by atoms with Gasteiger partial charge in [-0.3, -0.25) is 15.0 Å². The van der Waals surface area contributed by atoms with Crippen LogP contribution in [0.4, 0.5) is 11.4 Å². The van der Waals surface area contributed by atoms with E-state index in [0.717, 1.165) is 12.1 Å². The maximum atomic E-state index is 10.8. The minimum atomic E-state index is -0.443. The normalized spacial score (nSPS) is 20.8. The number of nitro groups is 1. The number of morpholine rings is 1. The highest BCUT2D eigenvalue weighted by Gasteiger charge is 2.20. The van der Waals surface area contributed by atoms with Crippen molar-refractivity contribution < 1.29 is 9.66 Å². The molecule has 1 aromatic rings. The van der Waals surface area contributed by atoms with Crippen LogP contribution in [-0.2, 0) is 11.3 Å². The monoisotopic (exact) mass is 251 g/mol. The molecule has 1 aliphatic rings. The Bertz CT molecular complexity index is 450. The second-order valence-corrected chi connectivity index (χ2v) is 4.54. The molecule has 1 heterocycles. The van der Waals surface area contributed by atoms with Gasteiger partial charge in [0.05, 0.1) is 18.1 Å². The van der Waals surface area contributed by atoms with Gasteiger partial charge in [0.25, 0.3) is 5.69 Å². The lowest BCUT2D eigenvalue weighted by molar-refractivity contribution is -0.384. The number of nitrogens with two attached hydrogens (primary N) is 1. The Morgan fingerprint density at radius 3 is 3.06 bits per heavy atom. The van der Waals surface area contributed by atoms with Crippen molar-refractivity contribution in [3.63, 3.8) is 0 Å². The molecule has 1 unspecified atom stereocenters. The van der Waals surface area contributed by atoms with Crippen molar-refractivity contribution in [1.82, 2.24) is 4.90 Å². The number of nitro benzene ring substituents is 1. The van der Waals surface area contributed by atoms with Gasteiger partial charge in [-0.25, -0.2) is 0 Å². The lowest BCUT2D eigenvalue weighted by atomic mass is 10.1. The Hall–Kier alpha value is -1.66.